The summed E-state index contributed by atoms with van der Waals surface area (Å²) in [6.07, 6.45) is 2.46. The molecule has 4 rings (SSSR count). The lowest BCUT2D eigenvalue weighted by Crippen LogP contribution is -2.27. The predicted octanol–water partition coefficient (Wildman–Crippen LogP) is 6.49. The highest BCUT2D eigenvalue weighted by Gasteiger charge is 2.21. The molecule has 1 aromatic heterocycles. The number of carbonyl (C=O) groups is 1. The lowest BCUT2D eigenvalue weighted by molar-refractivity contribution is -0.117. The van der Waals surface area contributed by atoms with Crippen molar-refractivity contribution in [2.24, 2.45) is 0 Å². The SMILES string of the molecule is Cc1ccc(N[C@@H](C(=O)Nc2ncc(Cc3ccccc3Cl)s2)c2ccccc2)cc1. The number of nitrogens with zero attached hydrogens (tertiary/aromatic N) is 1. The van der Waals surface area contributed by atoms with Crippen molar-refractivity contribution in [3.05, 3.63) is 112 Å². The van der Waals surface area contributed by atoms with Crippen molar-refractivity contribution in [2.45, 2.75) is 19.4 Å². The summed E-state index contributed by atoms with van der Waals surface area (Å²) < 4.78 is 0. The quantitative estimate of drug-likeness (QED) is 0.340. The van der Waals surface area contributed by atoms with Gasteiger partial charge in [-0.1, -0.05) is 77.8 Å². The summed E-state index contributed by atoms with van der Waals surface area (Å²) in [5.41, 5.74) is 3.97. The van der Waals surface area contributed by atoms with E-state index in [0.717, 1.165) is 26.7 Å². The summed E-state index contributed by atoms with van der Waals surface area (Å²) in [4.78, 5) is 18.6. The van der Waals surface area contributed by atoms with Gasteiger partial charge in [0.15, 0.2) is 5.13 Å². The molecular formula is C25H22ClN3OS. The Bertz CT molecular complexity index is 1160. The van der Waals surface area contributed by atoms with Gasteiger partial charge in [0.05, 0.1) is 0 Å². The third-order valence-corrected chi connectivity index (χ3v) is 6.15. The second-order valence-electron chi connectivity index (χ2n) is 7.24. The molecule has 0 bridgehead atoms. The number of nitrogens with one attached hydrogen (secondary N) is 2. The van der Waals surface area contributed by atoms with Crippen molar-refractivity contribution < 1.29 is 4.79 Å². The molecule has 1 atom stereocenters. The van der Waals surface area contributed by atoms with Crippen LogP contribution in [0.15, 0.2) is 85.1 Å². The average molecular weight is 448 g/mol. The number of anilines is 2. The molecule has 0 aliphatic rings. The Morgan fingerprint density at radius 1 is 1.00 bits per heavy atom. The van der Waals surface area contributed by atoms with Crippen LogP contribution in [-0.4, -0.2) is 10.9 Å². The Hall–Kier alpha value is -3.15. The van der Waals surface area contributed by atoms with Gasteiger partial charge in [0, 0.05) is 28.2 Å². The fourth-order valence-electron chi connectivity index (χ4n) is 3.22. The van der Waals surface area contributed by atoms with Crippen molar-refractivity contribution in [3.8, 4) is 0 Å². The first-order valence-corrected chi connectivity index (χ1v) is 11.1. The van der Waals surface area contributed by atoms with Crippen molar-refractivity contribution in [2.75, 3.05) is 10.6 Å². The van der Waals surface area contributed by atoms with Crippen LogP contribution in [0.2, 0.25) is 5.02 Å². The molecule has 0 saturated carbocycles. The minimum atomic E-state index is -0.542. The predicted molar refractivity (Wildman–Crippen MR) is 129 cm³/mol. The van der Waals surface area contributed by atoms with E-state index in [4.69, 9.17) is 11.6 Å². The number of thiazole rings is 1. The average Bonchev–Trinajstić information content (AvgIpc) is 3.22. The summed E-state index contributed by atoms with van der Waals surface area (Å²) in [6.45, 7) is 2.04. The molecule has 156 valence electrons. The first-order chi connectivity index (χ1) is 15.1. The smallest absolute Gasteiger partial charge is 0.253 e. The van der Waals surface area contributed by atoms with Gasteiger partial charge in [-0.15, -0.1) is 11.3 Å². The molecule has 4 aromatic rings. The number of amides is 1. The Labute approximate surface area is 190 Å². The Morgan fingerprint density at radius 3 is 2.45 bits per heavy atom. The summed E-state index contributed by atoms with van der Waals surface area (Å²) >= 11 is 7.72. The van der Waals surface area contributed by atoms with Gasteiger partial charge < -0.3 is 5.32 Å². The molecule has 0 radical (unpaired) electrons. The third-order valence-electron chi connectivity index (χ3n) is 4.86. The highest BCUT2D eigenvalue weighted by molar-refractivity contribution is 7.15. The summed E-state index contributed by atoms with van der Waals surface area (Å²) in [5.74, 6) is -0.162. The van der Waals surface area contributed by atoms with Gasteiger partial charge in [-0.2, -0.15) is 0 Å². The number of aryl methyl sites for hydroxylation is 1. The molecule has 6 heteroatoms. The standard InChI is InChI=1S/C25H22ClN3OS/c1-17-11-13-20(14-12-17)28-23(18-7-3-2-4-8-18)24(30)29-25-27-16-21(31-25)15-19-9-5-6-10-22(19)26/h2-14,16,23,28H,15H2,1H3,(H,27,29,30)/t23-/m1/s1. The minimum Gasteiger partial charge on any atom is -0.370 e. The molecule has 31 heavy (non-hydrogen) atoms. The first kappa shape index (κ1) is 21.1. The molecule has 1 amide bonds. The van der Waals surface area contributed by atoms with Gasteiger partial charge in [0.2, 0.25) is 0 Å². The van der Waals surface area contributed by atoms with Gasteiger partial charge in [-0.25, -0.2) is 4.98 Å². The van der Waals surface area contributed by atoms with E-state index in [1.54, 1.807) is 6.20 Å². The number of benzene rings is 3. The number of halogens is 1. The van der Waals surface area contributed by atoms with Gasteiger partial charge in [0.25, 0.3) is 5.91 Å². The molecule has 2 N–H and O–H groups in total. The van der Waals surface area contributed by atoms with Gasteiger partial charge in [-0.05, 0) is 36.2 Å². The second kappa shape index (κ2) is 9.77. The van der Waals surface area contributed by atoms with Gasteiger partial charge in [-0.3, -0.25) is 10.1 Å². The number of aromatic nitrogens is 1. The highest BCUT2D eigenvalue weighted by Crippen LogP contribution is 2.27. The maximum atomic E-state index is 13.2. The maximum absolute atomic E-state index is 13.2. The monoisotopic (exact) mass is 447 g/mol. The van der Waals surface area contributed by atoms with Crippen LogP contribution >= 0.6 is 22.9 Å². The molecule has 0 fully saturated rings. The largest absolute Gasteiger partial charge is 0.370 e. The van der Waals surface area contributed by atoms with Crippen molar-refractivity contribution in [1.29, 1.82) is 0 Å². The minimum absolute atomic E-state index is 0.162. The zero-order valence-corrected chi connectivity index (χ0v) is 18.6. The molecule has 0 aliphatic carbocycles. The van der Waals surface area contributed by atoms with E-state index in [1.165, 1.54) is 16.9 Å². The summed E-state index contributed by atoms with van der Waals surface area (Å²) in [7, 11) is 0. The van der Waals surface area contributed by atoms with Crippen LogP contribution < -0.4 is 10.6 Å². The molecule has 4 nitrogen and oxygen atoms in total. The summed E-state index contributed by atoms with van der Waals surface area (Å²) in [5, 5.41) is 7.61. The molecular weight excluding hydrogens is 426 g/mol. The zero-order valence-electron chi connectivity index (χ0n) is 17.0. The van der Waals surface area contributed by atoms with Crippen LogP contribution in [0.25, 0.3) is 0 Å². The van der Waals surface area contributed by atoms with Crippen molar-refractivity contribution in [1.82, 2.24) is 4.98 Å². The van der Waals surface area contributed by atoms with E-state index in [2.05, 4.69) is 15.6 Å². The molecule has 0 unspecified atom stereocenters. The van der Waals surface area contributed by atoms with Crippen molar-refractivity contribution >= 4 is 39.7 Å². The van der Waals surface area contributed by atoms with Crippen LogP contribution in [0.5, 0.6) is 0 Å². The molecule has 0 saturated heterocycles. The van der Waals surface area contributed by atoms with Crippen LogP contribution in [0, 0.1) is 6.92 Å². The topological polar surface area (TPSA) is 54.0 Å². The van der Waals surface area contributed by atoms with E-state index in [1.807, 2.05) is 85.8 Å². The van der Waals surface area contributed by atoms with Gasteiger partial charge >= 0.3 is 0 Å². The third kappa shape index (κ3) is 5.51. The van der Waals surface area contributed by atoms with E-state index >= 15 is 0 Å². The molecule has 1 heterocycles. The number of hydrogen-bond acceptors (Lipinski definition) is 4. The fraction of sp³-hybridized carbons (Fsp3) is 0.120. The Morgan fingerprint density at radius 2 is 1.71 bits per heavy atom. The number of rotatable bonds is 7. The molecule has 0 aliphatic heterocycles. The zero-order chi connectivity index (χ0) is 21.6. The summed E-state index contributed by atoms with van der Waals surface area (Å²) in [6, 6.07) is 24.9. The van der Waals surface area contributed by atoms with E-state index < -0.39 is 6.04 Å². The lowest BCUT2D eigenvalue weighted by atomic mass is 10.1. The highest BCUT2D eigenvalue weighted by atomic mass is 35.5. The van der Waals surface area contributed by atoms with E-state index in [0.29, 0.717) is 11.6 Å². The normalized spacial score (nSPS) is 11.7. The van der Waals surface area contributed by atoms with Crippen LogP contribution in [-0.2, 0) is 11.2 Å². The fourth-order valence-corrected chi connectivity index (χ4v) is 4.26. The van der Waals surface area contributed by atoms with E-state index in [-0.39, 0.29) is 5.91 Å². The van der Waals surface area contributed by atoms with Crippen LogP contribution in [0.1, 0.15) is 27.6 Å². The number of carbonyl (C=O) groups excluding carboxylic acids is 1. The van der Waals surface area contributed by atoms with Crippen LogP contribution in [0.3, 0.4) is 0 Å². The Kier molecular flexibility index (Phi) is 6.65. The van der Waals surface area contributed by atoms with E-state index in [9.17, 15) is 4.79 Å². The maximum Gasteiger partial charge on any atom is 0.253 e. The lowest BCUT2D eigenvalue weighted by Gasteiger charge is -2.19. The van der Waals surface area contributed by atoms with Crippen LogP contribution in [0.4, 0.5) is 10.8 Å². The first-order valence-electron chi connectivity index (χ1n) is 9.95. The van der Waals surface area contributed by atoms with Crippen molar-refractivity contribution in [3.63, 3.8) is 0 Å². The molecule has 0 spiro atoms. The van der Waals surface area contributed by atoms with Gasteiger partial charge in [0.1, 0.15) is 6.04 Å². The Balaban J connectivity index is 1.50. The molecule has 3 aromatic carbocycles. The second-order valence-corrected chi connectivity index (χ2v) is 8.77. The number of hydrogen-bond donors (Lipinski definition) is 2.